The number of nitro benzene ring substituents is 1. The van der Waals surface area contributed by atoms with Crippen molar-refractivity contribution in [3.8, 4) is 5.75 Å². The number of allylic oxidation sites excluding steroid dienone is 1. The molecule has 0 radical (unpaired) electrons. The number of ketones is 1. The predicted molar refractivity (Wildman–Crippen MR) is 119 cm³/mol. The smallest absolute Gasteiger partial charge is 0.339 e. The fourth-order valence-corrected chi connectivity index (χ4v) is 4.30. The number of nitrogens with zero attached hydrogens (tertiary/aromatic N) is 1. The second-order valence-corrected chi connectivity index (χ2v) is 8.67. The number of esters is 1. The van der Waals surface area contributed by atoms with Crippen molar-refractivity contribution >= 4 is 29.0 Å². The summed E-state index contributed by atoms with van der Waals surface area (Å²) in [5.41, 5.74) is 1.77. The number of benzene rings is 2. The summed E-state index contributed by atoms with van der Waals surface area (Å²) in [7, 11) is 0. The van der Waals surface area contributed by atoms with Gasteiger partial charge in [-0.25, -0.2) is 4.79 Å². The van der Waals surface area contributed by atoms with Gasteiger partial charge in [0.15, 0.2) is 0 Å². The molecule has 9 heteroatoms. The van der Waals surface area contributed by atoms with Crippen LogP contribution in [-0.4, -0.2) is 28.9 Å². The Bertz CT molecular complexity index is 1160. The molecule has 2 aromatic rings. The Morgan fingerprint density at radius 1 is 1.18 bits per heavy atom. The monoisotopic (exact) mass is 471 g/mol. The molecule has 172 valence electrons. The number of nitro groups is 1. The second kappa shape index (κ2) is 9.23. The molecule has 0 bridgehead atoms. The number of carbonyl (C=O) groups is 2. The fourth-order valence-electron chi connectivity index (χ4n) is 4.05. The van der Waals surface area contributed by atoms with Gasteiger partial charge < -0.3 is 14.2 Å². The predicted octanol–water partition coefficient (Wildman–Crippen LogP) is 5.08. The Labute approximate surface area is 195 Å². The van der Waals surface area contributed by atoms with Crippen LogP contribution in [0, 0.1) is 29.9 Å². The molecule has 1 aliphatic heterocycles. The van der Waals surface area contributed by atoms with Crippen molar-refractivity contribution in [3.05, 3.63) is 80.2 Å². The summed E-state index contributed by atoms with van der Waals surface area (Å²) >= 11 is 6.02. The molecule has 0 spiro atoms. The molecular weight excluding hydrogens is 450 g/mol. The molecular formula is C24H22ClNO7. The average molecular weight is 472 g/mol. The summed E-state index contributed by atoms with van der Waals surface area (Å²) in [6.45, 7) is 3.85. The maximum absolute atomic E-state index is 13.0. The van der Waals surface area contributed by atoms with E-state index in [-0.39, 0.29) is 33.7 Å². The third-order valence-corrected chi connectivity index (χ3v) is 6.21. The maximum Gasteiger partial charge on any atom is 0.339 e. The van der Waals surface area contributed by atoms with E-state index in [4.69, 9.17) is 25.8 Å². The van der Waals surface area contributed by atoms with Gasteiger partial charge in [-0.1, -0.05) is 23.7 Å². The van der Waals surface area contributed by atoms with Crippen molar-refractivity contribution in [1.29, 1.82) is 0 Å². The zero-order valence-corrected chi connectivity index (χ0v) is 18.8. The summed E-state index contributed by atoms with van der Waals surface area (Å²) in [6.07, 6.45) is 1.74. The molecule has 2 aliphatic rings. The van der Waals surface area contributed by atoms with E-state index in [1.165, 1.54) is 18.4 Å². The second-order valence-electron chi connectivity index (χ2n) is 8.26. The van der Waals surface area contributed by atoms with Crippen molar-refractivity contribution in [1.82, 2.24) is 0 Å². The third kappa shape index (κ3) is 4.85. The molecule has 4 rings (SSSR count). The molecule has 0 saturated heterocycles. The van der Waals surface area contributed by atoms with E-state index in [1.54, 1.807) is 0 Å². The van der Waals surface area contributed by atoms with Crippen LogP contribution in [0.3, 0.4) is 0 Å². The van der Waals surface area contributed by atoms with Crippen LogP contribution in [0.5, 0.6) is 5.75 Å². The Morgan fingerprint density at radius 3 is 2.70 bits per heavy atom. The van der Waals surface area contributed by atoms with Gasteiger partial charge in [-0.3, -0.25) is 14.9 Å². The standard InChI is InChI=1S/C24H22ClNO7/c1-13-3-4-14(2)20(9-13)33-22-12-31-21-11-16(6-8-18(21)23(22)27)32-24(28)17-7-5-15(26(29)30)10-19(17)25/h3-5,7,9-10,12,16,18,21H,6,8,11H2,1-2H3. The SMILES string of the molecule is Cc1ccc(C)c(OC2=COC3CC(OC(=O)c4ccc([N+](=O)[O-])cc4Cl)CCC3C2=O)c1. The van der Waals surface area contributed by atoms with E-state index in [1.807, 2.05) is 32.0 Å². The molecule has 1 heterocycles. The third-order valence-electron chi connectivity index (χ3n) is 5.89. The van der Waals surface area contributed by atoms with Gasteiger partial charge in [0.25, 0.3) is 5.69 Å². The Morgan fingerprint density at radius 2 is 1.97 bits per heavy atom. The normalized spacial score (nSPS) is 22.0. The van der Waals surface area contributed by atoms with E-state index in [0.29, 0.717) is 25.0 Å². The molecule has 1 saturated carbocycles. The highest BCUT2D eigenvalue weighted by Crippen LogP contribution is 2.36. The molecule has 1 aliphatic carbocycles. The summed E-state index contributed by atoms with van der Waals surface area (Å²) in [5.74, 6) is -0.407. The van der Waals surface area contributed by atoms with E-state index in [9.17, 15) is 19.7 Å². The minimum atomic E-state index is -0.671. The van der Waals surface area contributed by atoms with Crippen LogP contribution < -0.4 is 4.74 Å². The molecule has 3 atom stereocenters. The number of ether oxygens (including phenoxy) is 3. The number of aryl methyl sites for hydroxylation is 2. The highest BCUT2D eigenvalue weighted by atomic mass is 35.5. The molecule has 0 N–H and O–H groups in total. The first-order valence-corrected chi connectivity index (χ1v) is 10.9. The Hall–Kier alpha value is -3.39. The van der Waals surface area contributed by atoms with Gasteiger partial charge in [-0.15, -0.1) is 0 Å². The van der Waals surface area contributed by atoms with Gasteiger partial charge >= 0.3 is 5.97 Å². The number of Topliss-reactive ketones (excluding diaryl/α,β-unsaturated/α-hetero) is 1. The van der Waals surface area contributed by atoms with E-state index in [2.05, 4.69) is 0 Å². The highest BCUT2D eigenvalue weighted by Gasteiger charge is 2.42. The van der Waals surface area contributed by atoms with Gasteiger partial charge in [0.05, 0.1) is 21.4 Å². The maximum atomic E-state index is 13.0. The van der Waals surface area contributed by atoms with Crippen LogP contribution in [0.2, 0.25) is 5.02 Å². The summed E-state index contributed by atoms with van der Waals surface area (Å²) in [6, 6.07) is 9.35. The summed E-state index contributed by atoms with van der Waals surface area (Å²) < 4.78 is 17.2. The summed E-state index contributed by atoms with van der Waals surface area (Å²) in [5, 5.41) is 10.8. The quantitative estimate of drug-likeness (QED) is 0.340. The molecule has 3 unspecified atom stereocenters. The van der Waals surface area contributed by atoms with Crippen molar-refractivity contribution in [2.45, 2.75) is 45.3 Å². The van der Waals surface area contributed by atoms with E-state index >= 15 is 0 Å². The van der Waals surface area contributed by atoms with Crippen molar-refractivity contribution in [2.75, 3.05) is 0 Å². The number of carbonyl (C=O) groups excluding carboxylic acids is 2. The van der Waals surface area contributed by atoms with Gasteiger partial charge in [-0.05, 0) is 49.9 Å². The lowest BCUT2D eigenvalue weighted by atomic mass is 9.80. The van der Waals surface area contributed by atoms with Gasteiger partial charge in [-0.2, -0.15) is 0 Å². The van der Waals surface area contributed by atoms with Crippen LogP contribution in [0.25, 0.3) is 0 Å². The number of hydrogen-bond donors (Lipinski definition) is 0. The zero-order valence-electron chi connectivity index (χ0n) is 18.1. The number of rotatable bonds is 5. The number of halogens is 1. The van der Waals surface area contributed by atoms with Crippen molar-refractivity contribution in [2.24, 2.45) is 5.92 Å². The number of hydrogen-bond acceptors (Lipinski definition) is 7. The highest BCUT2D eigenvalue weighted by molar-refractivity contribution is 6.33. The van der Waals surface area contributed by atoms with Gasteiger partial charge in [0.2, 0.25) is 11.5 Å². The topological polar surface area (TPSA) is 105 Å². The minimum Gasteiger partial charge on any atom is -0.493 e. The van der Waals surface area contributed by atoms with Crippen LogP contribution in [0.1, 0.15) is 40.7 Å². The lowest BCUT2D eigenvalue weighted by molar-refractivity contribution is -0.384. The zero-order chi connectivity index (χ0) is 23.7. The molecule has 33 heavy (non-hydrogen) atoms. The van der Waals surface area contributed by atoms with Crippen molar-refractivity contribution < 1.29 is 28.7 Å². The molecule has 0 aromatic heterocycles. The number of fused-ring (bicyclic) bond motifs is 1. The van der Waals surface area contributed by atoms with Crippen LogP contribution in [0.4, 0.5) is 5.69 Å². The largest absolute Gasteiger partial charge is 0.493 e. The van der Waals surface area contributed by atoms with E-state index < -0.39 is 23.1 Å². The lowest BCUT2D eigenvalue weighted by Gasteiger charge is -2.36. The van der Waals surface area contributed by atoms with Crippen LogP contribution in [0.15, 0.2) is 48.4 Å². The van der Waals surface area contributed by atoms with Gasteiger partial charge in [0, 0.05) is 18.6 Å². The fraction of sp³-hybridized carbons (Fsp3) is 0.333. The van der Waals surface area contributed by atoms with Gasteiger partial charge in [0.1, 0.15) is 24.2 Å². The minimum absolute atomic E-state index is 0.0501. The molecule has 8 nitrogen and oxygen atoms in total. The number of non-ortho nitro benzene ring substituents is 1. The molecule has 0 amide bonds. The first-order chi connectivity index (χ1) is 15.7. The lowest BCUT2D eigenvalue weighted by Crippen LogP contribution is -2.43. The Kier molecular flexibility index (Phi) is 6.37. The molecule has 2 aromatic carbocycles. The van der Waals surface area contributed by atoms with E-state index in [0.717, 1.165) is 17.2 Å². The first-order valence-electron chi connectivity index (χ1n) is 10.5. The average Bonchev–Trinajstić information content (AvgIpc) is 2.77. The summed E-state index contributed by atoms with van der Waals surface area (Å²) in [4.78, 5) is 35.8. The van der Waals surface area contributed by atoms with Crippen molar-refractivity contribution in [3.63, 3.8) is 0 Å². The molecule has 1 fully saturated rings. The Balaban J connectivity index is 1.40. The van der Waals surface area contributed by atoms with Crippen LogP contribution in [-0.2, 0) is 14.3 Å². The van der Waals surface area contributed by atoms with Crippen LogP contribution >= 0.6 is 11.6 Å². The first kappa shape index (κ1) is 22.8.